The first-order valence-corrected chi connectivity index (χ1v) is 6.46. The molecular weight excluding hydrogens is 268 g/mol. The van der Waals surface area contributed by atoms with Crippen LogP contribution in [-0.4, -0.2) is 21.0 Å². The predicted molar refractivity (Wildman–Crippen MR) is 69.6 cm³/mol. The molecule has 0 bridgehead atoms. The van der Waals surface area contributed by atoms with E-state index in [1.807, 2.05) is 17.8 Å². The van der Waals surface area contributed by atoms with Crippen LogP contribution in [0.4, 0.5) is 0 Å². The van der Waals surface area contributed by atoms with Gasteiger partial charge in [0.2, 0.25) is 0 Å². The Morgan fingerprint density at radius 3 is 2.44 bits per heavy atom. The minimum Gasteiger partial charge on any atom is -0.393 e. The molecule has 3 nitrogen and oxygen atoms in total. The summed E-state index contributed by atoms with van der Waals surface area (Å²) in [5.74, 6) is 0. The van der Waals surface area contributed by atoms with E-state index >= 15 is 0 Å². The largest absolute Gasteiger partial charge is 0.393 e. The Labute approximate surface area is 106 Å². The van der Waals surface area contributed by atoms with Crippen LogP contribution >= 0.6 is 15.9 Å². The Kier molecular flexibility index (Phi) is 4.18. The van der Waals surface area contributed by atoms with Crippen molar-refractivity contribution in [3.63, 3.8) is 0 Å². The van der Waals surface area contributed by atoms with Crippen LogP contribution in [0.2, 0.25) is 0 Å². The summed E-state index contributed by atoms with van der Waals surface area (Å²) >= 11 is 3.55. The maximum atomic E-state index is 9.56. The molecule has 1 aromatic heterocycles. The summed E-state index contributed by atoms with van der Waals surface area (Å²) in [5.41, 5.74) is 1.07. The van der Waals surface area contributed by atoms with Gasteiger partial charge in [0.1, 0.15) is 0 Å². The lowest BCUT2D eigenvalue weighted by Crippen LogP contribution is -2.27. The number of halogens is 1. The van der Waals surface area contributed by atoms with Crippen molar-refractivity contribution in [2.45, 2.75) is 58.6 Å². The molecule has 16 heavy (non-hydrogen) atoms. The van der Waals surface area contributed by atoms with Crippen molar-refractivity contribution in [1.82, 2.24) is 9.78 Å². The molecule has 0 saturated carbocycles. The second-order valence-corrected chi connectivity index (χ2v) is 6.17. The first kappa shape index (κ1) is 13.7. The molecule has 1 aromatic rings. The third kappa shape index (κ3) is 2.86. The van der Waals surface area contributed by atoms with Crippen LogP contribution < -0.4 is 0 Å². The number of aliphatic hydroxyl groups is 1. The minimum absolute atomic E-state index is 0.0895. The van der Waals surface area contributed by atoms with Gasteiger partial charge in [-0.1, -0.05) is 13.8 Å². The van der Waals surface area contributed by atoms with Crippen molar-refractivity contribution in [3.8, 4) is 0 Å². The zero-order valence-corrected chi connectivity index (χ0v) is 12.2. The van der Waals surface area contributed by atoms with Crippen molar-refractivity contribution in [1.29, 1.82) is 0 Å². The molecule has 1 rings (SSSR count). The number of hydrogen-bond donors (Lipinski definition) is 1. The first-order valence-electron chi connectivity index (χ1n) is 5.67. The van der Waals surface area contributed by atoms with E-state index in [1.165, 1.54) is 0 Å². The van der Waals surface area contributed by atoms with Crippen LogP contribution in [0, 0.1) is 0 Å². The molecule has 4 heteroatoms. The van der Waals surface area contributed by atoms with E-state index in [-0.39, 0.29) is 11.5 Å². The Bertz CT molecular complexity index is 356. The van der Waals surface area contributed by atoms with Crippen LogP contribution in [0.25, 0.3) is 0 Å². The highest BCUT2D eigenvalue weighted by atomic mass is 79.9. The summed E-state index contributed by atoms with van der Waals surface area (Å²) in [7, 11) is 0. The van der Waals surface area contributed by atoms with E-state index in [4.69, 9.17) is 0 Å². The van der Waals surface area contributed by atoms with Gasteiger partial charge in [-0.3, -0.25) is 4.68 Å². The molecule has 0 aliphatic heterocycles. The Morgan fingerprint density at radius 1 is 1.44 bits per heavy atom. The van der Waals surface area contributed by atoms with Gasteiger partial charge in [-0.2, -0.15) is 5.10 Å². The van der Waals surface area contributed by atoms with Gasteiger partial charge in [0.15, 0.2) is 0 Å². The average molecular weight is 289 g/mol. The summed E-state index contributed by atoms with van der Waals surface area (Å²) < 4.78 is 3.04. The van der Waals surface area contributed by atoms with Crippen molar-refractivity contribution >= 4 is 15.9 Å². The van der Waals surface area contributed by atoms with Gasteiger partial charge >= 0.3 is 0 Å². The van der Waals surface area contributed by atoms with Crippen molar-refractivity contribution in [2.75, 3.05) is 0 Å². The van der Waals surface area contributed by atoms with Gasteiger partial charge in [-0.05, 0) is 43.1 Å². The molecule has 0 saturated heterocycles. The summed E-state index contributed by atoms with van der Waals surface area (Å²) in [6.07, 6.45) is 2.25. The minimum atomic E-state index is -0.308. The van der Waals surface area contributed by atoms with Gasteiger partial charge in [0.25, 0.3) is 0 Å². The standard InChI is InChI=1S/C12H21BrN2O/c1-8(2)15-11(10(13)7-14-15)12(4,5)6-9(3)16/h7-9,16H,6H2,1-5H3. The molecule has 0 spiro atoms. The highest BCUT2D eigenvalue weighted by Crippen LogP contribution is 2.35. The van der Waals surface area contributed by atoms with Crippen molar-refractivity contribution in [3.05, 3.63) is 16.4 Å². The molecule has 0 aliphatic carbocycles. The molecule has 1 atom stereocenters. The molecular formula is C12H21BrN2O. The Balaban J connectivity index is 3.15. The summed E-state index contributed by atoms with van der Waals surface area (Å²) in [4.78, 5) is 0. The molecule has 0 radical (unpaired) electrons. The maximum absolute atomic E-state index is 9.56. The van der Waals surface area contributed by atoms with E-state index in [1.54, 1.807) is 0 Å². The number of hydrogen-bond acceptors (Lipinski definition) is 2. The fourth-order valence-corrected chi connectivity index (χ4v) is 3.01. The number of rotatable bonds is 4. The zero-order valence-electron chi connectivity index (χ0n) is 10.7. The molecule has 0 aliphatic rings. The lowest BCUT2D eigenvalue weighted by molar-refractivity contribution is 0.153. The molecule has 0 amide bonds. The number of nitrogens with zero attached hydrogens (tertiary/aromatic N) is 2. The normalized spacial score (nSPS) is 14.5. The van der Waals surface area contributed by atoms with E-state index < -0.39 is 0 Å². The number of aromatic nitrogens is 2. The van der Waals surface area contributed by atoms with Crippen molar-refractivity contribution < 1.29 is 5.11 Å². The molecule has 1 N–H and O–H groups in total. The monoisotopic (exact) mass is 288 g/mol. The van der Waals surface area contributed by atoms with E-state index in [9.17, 15) is 5.11 Å². The quantitative estimate of drug-likeness (QED) is 0.923. The topological polar surface area (TPSA) is 38.1 Å². The summed E-state index contributed by atoms with van der Waals surface area (Å²) in [6.45, 7) is 10.3. The van der Waals surface area contributed by atoms with Crippen LogP contribution in [0.1, 0.15) is 52.8 Å². The number of aliphatic hydroxyl groups excluding tert-OH is 1. The van der Waals surface area contributed by atoms with E-state index in [0.29, 0.717) is 6.04 Å². The molecule has 92 valence electrons. The predicted octanol–water partition coefficient (Wildman–Crippen LogP) is 3.28. The van der Waals surface area contributed by atoms with Crippen LogP contribution in [-0.2, 0) is 5.41 Å². The van der Waals surface area contributed by atoms with Gasteiger partial charge < -0.3 is 5.11 Å². The summed E-state index contributed by atoms with van der Waals surface area (Å²) in [5, 5.41) is 13.9. The van der Waals surface area contributed by atoms with Crippen molar-refractivity contribution in [2.24, 2.45) is 0 Å². The molecule has 0 fully saturated rings. The Morgan fingerprint density at radius 2 is 2.00 bits per heavy atom. The van der Waals surface area contributed by atoms with Crippen LogP contribution in [0.3, 0.4) is 0 Å². The fourth-order valence-electron chi connectivity index (χ4n) is 2.20. The SMILES string of the molecule is CC(O)CC(C)(C)c1c(Br)cnn1C(C)C. The third-order valence-electron chi connectivity index (χ3n) is 2.69. The highest BCUT2D eigenvalue weighted by molar-refractivity contribution is 9.10. The zero-order chi connectivity index (χ0) is 12.5. The second-order valence-electron chi connectivity index (χ2n) is 5.32. The third-order valence-corrected chi connectivity index (χ3v) is 3.27. The van der Waals surface area contributed by atoms with Crippen LogP contribution in [0.5, 0.6) is 0 Å². The lowest BCUT2D eigenvalue weighted by Gasteiger charge is -2.29. The average Bonchev–Trinajstić information content (AvgIpc) is 2.44. The first-order chi connectivity index (χ1) is 7.25. The summed E-state index contributed by atoms with van der Waals surface area (Å²) in [6, 6.07) is 0.328. The molecule has 1 unspecified atom stereocenters. The van der Waals surface area contributed by atoms with Gasteiger partial charge in [-0.25, -0.2) is 0 Å². The van der Waals surface area contributed by atoms with E-state index in [2.05, 4.69) is 48.7 Å². The molecule has 1 heterocycles. The lowest BCUT2D eigenvalue weighted by atomic mass is 9.83. The highest BCUT2D eigenvalue weighted by Gasteiger charge is 2.29. The van der Waals surface area contributed by atoms with Gasteiger partial charge in [-0.15, -0.1) is 0 Å². The molecule has 0 aromatic carbocycles. The smallest absolute Gasteiger partial charge is 0.0635 e. The maximum Gasteiger partial charge on any atom is 0.0635 e. The second kappa shape index (κ2) is 4.88. The van der Waals surface area contributed by atoms with Gasteiger partial charge in [0, 0.05) is 11.5 Å². The fraction of sp³-hybridized carbons (Fsp3) is 0.750. The van der Waals surface area contributed by atoms with E-state index in [0.717, 1.165) is 16.6 Å². The van der Waals surface area contributed by atoms with Gasteiger partial charge in [0.05, 0.1) is 22.5 Å². The van der Waals surface area contributed by atoms with Crippen LogP contribution in [0.15, 0.2) is 10.7 Å². The Hall–Kier alpha value is -0.350.